The molecule has 5 nitrogen and oxygen atoms in total. The first-order chi connectivity index (χ1) is 15.5. The molecule has 3 aromatic carbocycles. The number of carbonyl (C=O) groups excluding carboxylic acids is 1. The molecule has 0 bridgehead atoms. The van der Waals surface area contributed by atoms with Gasteiger partial charge >= 0.3 is 0 Å². The summed E-state index contributed by atoms with van der Waals surface area (Å²) in [4.78, 5) is 13.6. The second kappa shape index (κ2) is 9.54. The number of anilines is 1. The molecule has 0 radical (unpaired) electrons. The van der Waals surface area contributed by atoms with Gasteiger partial charge in [-0.3, -0.25) is 4.79 Å². The van der Waals surface area contributed by atoms with Crippen LogP contribution in [0, 0.1) is 6.92 Å². The zero-order chi connectivity index (χ0) is 22.7. The Morgan fingerprint density at radius 2 is 1.78 bits per heavy atom. The first-order valence-electron chi connectivity index (χ1n) is 10.0. The highest BCUT2D eigenvalue weighted by Gasteiger charge is 2.32. The van der Waals surface area contributed by atoms with E-state index in [4.69, 9.17) is 17.0 Å². The van der Waals surface area contributed by atoms with E-state index in [0.29, 0.717) is 22.1 Å². The number of hydrogen-bond donors (Lipinski definition) is 3. The molecule has 0 fully saturated rings. The summed E-state index contributed by atoms with van der Waals surface area (Å²) in [6.07, 6.45) is 0. The third-order valence-electron chi connectivity index (χ3n) is 5.20. The summed E-state index contributed by atoms with van der Waals surface area (Å²) in [5.74, 6) is 0.496. The van der Waals surface area contributed by atoms with Crippen molar-refractivity contribution in [1.82, 2.24) is 10.6 Å². The van der Waals surface area contributed by atoms with Gasteiger partial charge in [0.1, 0.15) is 5.75 Å². The highest BCUT2D eigenvalue weighted by atomic mass is 79.9. The molecule has 0 spiro atoms. The van der Waals surface area contributed by atoms with Crippen LogP contribution < -0.4 is 20.7 Å². The van der Waals surface area contributed by atoms with E-state index in [2.05, 4.69) is 31.9 Å². The molecule has 7 heteroatoms. The van der Waals surface area contributed by atoms with Crippen molar-refractivity contribution in [3.63, 3.8) is 0 Å². The number of aryl methyl sites for hydroxylation is 1. The fourth-order valence-electron chi connectivity index (χ4n) is 3.59. The van der Waals surface area contributed by atoms with E-state index in [1.807, 2.05) is 79.7 Å². The fourth-order valence-corrected chi connectivity index (χ4v) is 4.37. The number of rotatable bonds is 5. The molecule has 0 saturated carbocycles. The molecule has 1 aliphatic rings. The molecule has 32 heavy (non-hydrogen) atoms. The number of hydrogen-bond acceptors (Lipinski definition) is 3. The Kier molecular flexibility index (Phi) is 6.58. The van der Waals surface area contributed by atoms with Crippen LogP contribution in [0.3, 0.4) is 0 Å². The molecule has 0 aliphatic carbocycles. The van der Waals surface area contributed by atoms with Crippen LogP contribution in [-0.2, 0) is 4.79 Å². The number of ether oxygens (including phenoxy) is 1. The number of amides is 1. The lowest BCUT2D eigenvalue weighted by molar-refractivity contribution is -0.113. The zero-order valence-electron chi connectivity index (χ0n) is 17.6. The molecule has 4 rings (SSSR count). The maximum atomic E-state index is 13.6. The molecule has 0 unspecified atom stereocenters. The van der Waals surface area contributed by atoms with E-state index < -0.39 is 6.04 Å². The standard InChI is InChI=1S/C25H22BrN3O2S/c1-15-8-11-18(12-9-15)27-24(30)21-22(16-6-4-3-5-7-16)28-25(32)29-23(21)17-10-13-20(31-2)19(26)14-17/h3-14,23H,1-2H3,(H,27,30)(H2,28,29,32)/t23-/m1/s1. The van der Waals surface area contributed by atoms with Crippen LogP contribution in [0.15, 0.2) is 82.8 Å². The van der Waals surface area contributed by atoms with Gasteiger partial charge in [0.05, 0.1) is 28.9 Å². The van der Waals surface area contributed by atoms with Gasteiger partial charge in [0.15, 0.2) is 5.11 Å². The normalized spacial score (nSPS) is 15.6. The summed E-state index contributed by atoms with van der Waals surface area (Å²) in [7, 11) is 1.62. The number of thiocarbonyl (C=S) groups is 1. The van der Waals surface area contributed by atoms with Crippen LogP contribution in [0.25, 0.3) is 5.70 Å². The van der Waals surface area contributed by atoms with Crippen molar-refractivity contribution in [3.8, 4) is 5.75 Å². The Labute approximate surface area is 201 Å². The number of carbonyl (C=O) groups is 1. The lowest BCUT2D eigenvalue weighted by Crippen LogP contribution is -2.45. The van der Waals surface area contributed by atoms with Crippen LogP contribution in [0.5, 0.6) is 5.75 Å². The van der Waals surface area contributed by atoms with Crippen molar-refractivity contribution in [2.75, 3.05) is 12.4 Å². The number of halogens is 1. The topological polar surface area (TPSA) is 62.4 Å². The highest BCUT2D eigenvalue weighted by molar-refractivity contribution is 9.10. The zero-order valence-corrected chi connectivity index (χ0v) is 20.0. The molecule has 3 N–H and O–H groups in total. The van der Waals surface area contributed by atoms with Crippen molar-refractivity contribution in [1.29, 1.82) is 0 Å². The third kappa shape index (κ3) is 4.69. The largest absolute Gasteiger partial charge is 0.496 e. The quantitative estimate of drug-likeness (QED) is 0.407. The highest BCUT2D eigenvalue weighted by Crippen LogP contribution is 2.35. The summed E-state index contributed by atoms with van der Waals surface area (Å²) >= 11 is 9.05. The van der Waals surface area contributed by atoms with Crippen molar-refractivity contribution >= 4 is 50.6 Å². The Morgan fingerprint density at radius 1 is 1.06 bits per heavy atom. The van der Waals surface area contributed by atoms with Gasteiger partial charge in [0, 0.05) is 5.69 Å². The molecule has 0 aromatic heterocycles. The number of benzene rings is 3. The third-order valence-corrected chi connectivity index (χ3v) is 6.04. The van der Waals surface area contributed by atoms with Crippen LogP contribution in [0.4, 0.5) is 5.69 Å². The first-order valence-corrected chi connectivity index (χ1v) is 11.2. The molecule has 3 aromatic rings. The molecule has 1 aliphatic heterocycles. The lowest BCUT2D eigenvalue weighted by Gasteiger charge is -2.32. The summed E-state index contributed by atoms with van der Waals surface area (Å²) in [5.41, 5.74) is 4.83. The van der Waals surface area contributed by atoms with Gasteiger partial charge in [-0.1, -0.05) is 54.1 Å². The van der Waals surface area contributed by atoms with E-state index >= 15 is 0 Å². The summed E-state index contributed by atoms with van der Waals surface area (Å²) in [6.45, 7) is 2.01. The van der Waals surface area contributed by atoms with Crippen LogP contribution in [0.1, 0.15) is 22.7 Å². The molecule has 1 heterocycles. The van der Waals surface area contributed by atoms with Gasteiger partial charge in [-0.05, 0) is 70.5 Å². The summed E-state index contributed by atoms with van der Waals surface area (Å²) < 4.78 is 6.16. The smallest absolute Gasteiger partial charge is 0.256 e. The Morgan fingerprint density at radius 3 is 2.44 bits per heavy atom. The molecule has 0 saturated heterocycles. The summed E-state index contributed by atoms with van der Waals surface area (Å²) in [6, 6.07) is 22.7. The van der Waals surface area contributed by atoms with Crippen LogP contribution in [0.2, 0.25) is 0 Å². The number of nitrogens with one attached hydrogen (secondary N) is 3. The Bertz CT molecular complexity index is 1190. The van der Waals surface area contributed by atoms with Gasteiger partial charge in [0.25, 0.3) is 5.91 Å². The minimum absolute atomic E-state index is 0.216. The lowest BCUT2D eigenvalue weighted by atomic mass is 9.92. The van der Waals surface area contributed by atoms with Crippen LogP contribution in [-0.4, -0.2) is 18.1 Å². The fraction of sp³-hybridized carbons (Fsp3) is 0.120. The molecule has 1 amide bonds. The minimum atomic E-state index is -0.452. The van der Waals surface area contributed by atoms with E-state index in [1.165, 1.54) is 0 Å². The van der Waals surface area contributed by atoms with Crippen molar-refractivity contribution in [2.45, 2.75) is 13.0 Å². The molecule has 162 valence electrons. The van der Waals surface area contributed by atoms with Gasteiger partial charge in [0.2, 0.25) is 0 Å². The van der Waals surface area contributed by atoms with Crippen molar-refractivity contribution < 1.29 is 9.53 Å². The second-order valence-electron chi connectivity index (χ2n) is 7.40. The molecule has 1 atom stereocenters. The summed E-state index contributed by atoms with van der Waals surface area (Å²) in [5, 5.41) is 9.95. The average molecular weight is 508 g/mol. The first kappa shape index (κ1) is 22.0. The average Bonchev–Trinajstić information content (AvgIpc) is 2.80. The minimum Gasteiger partial charge on any atom is -0.496 e. The predicted octanol–water partition coefficient (Wildman–Crippen LogP) is 5.33. The monoisotopic (exact) mass is 507 g/mol. The predicted molar refractivity (Wildman–Crippen MR) is 135 cm³/mol. The number of methoxy groups -OCH3 is 1. The molecular weight excluding hydrogens is 486 g/mol. The van der Waals surface area contributed by atoms with Crippen molar-refractivity contribution in [3.05, 3.63) is 99.5 Å². The van der Waals surface area contributed by atoms with Gasteiger partial charge in [-0.2, -0.15) is 0 Å². The maximum absolute atomic E-state index is 13.6. The molecular formula is C25H22BrN3O2S. The van der Waals surface area contributed by atoms with E-state index in [-0.39, 0.29) is 5.91 Å². The van der Waals surface area contributed by atoms with E-state index in [9.17, 15) is 4.79 Å². The maximum Gasteiger partial charge on any atom is 0.256 e. The van der Waals surface area contributed by atoms with Crippen molar-refractivity contribution in [2.24, 2.45) is 0 Å². The van der Waals surface area contributed by atoms with Crippen LogP contribution >= 0.6 is 28.1 Å². The van der Waals surface area contributed by atoms with E-state index in [1.54, 1.807) is 7.11 Å². The SMILES string of the molecule is COc1ccc([C@H]2NC(=S)NC(c3ccccc3)=C2C(=O)Nc2ccc(C)cc2)cc1Br. The van der Waals surface area contributed by atoms with E-state index in [0.717, 1.165) is 26.9 Å². The van der Waals surface area contributed by atoms with Gasteiger partial charge in [-0.25, -0.2) is 0 Å². The van der Waals surface area contributed by atoms with Gasteiger partial charge < -0.3 is 20.7 Å². The Balaban J connectivity index is 1.83. The second-order valence-corrected chi connectivity index (χ2v) is 8.66. The van der Waals surface area contributed by atoms with Gasteiger partial charge in [-0.15, -0.1) is 0 Å². The Hall–Kier alpha value is -3.16.